The molecule has 1 aromatic carbocycles. The molecule has 0 aliphatic rings. The molecule has 2 N–H and O–H groups in total. The zero-order valence-electron chi connectivity index (χ0n) is 15.6. The summed E-state index contributed by atoms with van der Waals surface area (Å²) in [4.78, 5) is 14.0. The standard InChI is InChI=1S/C17H19N7O4/c1-4-26-15-7-12(8-18-21-17-19-16(25)11(3)20-22-17)5-6-14(15)27-9-13-10(2)23-28-24-13/h5-8H,4,9H2,1-3H3,(H2,19,21,22,25)/b18-8+. The van der Waals surface area contributed by atoms with Crippen LogP contribution in [0.4, 0.5) is 5.95 Å². The van der Waals surface area contributed by atoms with Gasteiger partial charge in [0.1, 0.15) is 23.7 Å². The number of anilines is 1. The quantitative estimate of drug-likeness (QED) is 0.437. The molecule has 0 aliphatic carbocycles. The molecule has 0 saturated heterocycles. The molecule has 0 aliphatic heterocycles. The molecule has 0 atom stereocenters. The summed E-state index contributed by atoms with van der Waals surface area (Å²) in [7, 11) is 0. The van der Waals surface area contributed by atoms with Crippen LogP contribution in [0.25, 0.3) is 0 Å². The van der Waals surface area contributed by atoms with Crippen molar-refractivity contribution in [3.8, 4) is 11.5 Å². The summed E-state index contributed by atoms with van der Waals surface area (Å²) < 4.78 is 16.1. The summed E-state index contributed by atoms with van der Waals surface area (Å²) in [5.74, 6) is 1.26. The van der Waals surface area contributed by atoms with Gasteiger partial charge in [-0.2, -0.15) is 5.10 Å². The molecule has 0 amide bonds. The van der Waals surface area contributed by atoms with Crippen LogP contribution in [0.15, 0.2) is 32.7 Å². The first-order valence-electron chi connectivity index (χ1n) is 8.47. The average Bonchev–Trinajstić information content (AvgIpc) is 3.09. The van der Waals surface area contributed by atoms with Crippen LogP contribution in [0.1, 0.15) is 29.6 Å². The van der Waals surface area contributed by atoms with Crippen LogP contribution in [-0.4, -0.2) is 38.3 Å². The van der Waals surface area contributed by atoms with Gasteiger partial charge in [-0.15, -0.1) is 10.2 Å². The van der Waals surface area contributed by atoms with Crippen LogP contribution in [-0.2, 0) is 6.61 Å². The smallest absolute Gasteiger partial charge is 0.274 e. The lowest BCUT2D eigenvalue weighted by Crippen LogP contribution is -2.15. The van der Waals surface area contributed by atoms with Crippen molar-refractivity contribution in [2.75, 3.05) is 12.0 Å². The Morgan fingerprint density at radius 2 is 2.04 bits per heavy atom. The Balaban J connectivity index is 1.69. The molecule has 3 aromatic rings. The van der Waals surface area contributed by atoms with Gasteiger partial charge in [0.25, 0.3) is 5.56 Å². The van der Waals surface area contributed by atoms with Gasteiger partial charge in [0.05, 0.1) is 12.8 Å². The number of ether oxygens (including phenoxy) is 2. The Morgan fingerprint density at radius 1 is 1.18 bits per heavy atom. The van der Waals surface area contributed by atoms with Crippen molar-refractivity contribution >= 4 is 12.2 Å². The Hall–Kier alpha value is -3.76. The minimum absolute atomic E-state index is 0.147. The Morgan fingerprint density at radius 3 is 2.75 bits per heavy atom. The molecule has 0 saturated carbocycles. The molecule has 0 fully saturated rings. The fraction of sp³-hybridized carbons (Fsp3) is 0.294. The maximum atomic E-state index is 11.5. The van der Waals surface area contributed by atoms with Crippen molar-refractivity contribution in [2.45, 2.75) is 27.4 Å². The second-order valence-electron chi connectivity index (χ2n) is 5.68. The molecule has 11 heteroatoms. The summed E-state index contributed by atoms with van der Waals surface area (Å²) in [6.07, 6.45) is 1.55. The Kier molecular flexibility index (Phi) is 5.94. The van der Waals surface area contributed by atoms with Crippen molar-refractivity contribution in [1.82, 2.24) is 25.5 Å². The van der Waals surface area contributed by atoms with Crippen molar-refractivity contribution in [2.24, 2.45) is 5.10 Å². The van der Waals surface area contributed by atoms with E-state index in [2.05, 4.69) is 40.7 Å². The number of hydrazone groups is 1. The van der Waals surface area contributed by atoms with Crippen LogP contribution >= 0.6 is 0 Å². The zero-order valence-corrected chi connectivity index (χ0v) is 15.6. The van der Waals surface area contributed by atoms with Gasteiger partial charge in [-0.05, 0) is 44.5 Å². The second-order valence-corrected chi connectivity index (χ2v) is 5.68. The van der Waals surface area contributed by atoms with E-state index in [1.165, 1.54) is 0 Å². The fourth-order valence-electron chi connectivity index (χ4n) is 2.13. The van der Waals surface area contributed by atoms with Gasteiger partial charge in [-0.25, -0.2) is 10.1 Å². The van der Waals surface area contributed by atoms with Gasteiger partial charge in [0, 0.05) is 0 Å². The third-order valence-corrected chi connectivity index (χ3v) is 3.62. The average molecular weight is 385 g/mol. The van der Waals surface area contributed by atoms with Crippen LogP contribution < -0.4 is 20.5 Å². The lowest BCUT2D eigenvalue weighted by Gasteiger charge is -2.11. The summed E-state index contributed by atoms with van der Waals surface area (Å²) in [5.41, 5.74) is 4.61. The monoisotopic (exact) mass is 385 g/mol. The topological polar surface area (TPSA) is 140 Å². The van der Waals surface area contributed by atoms with Crippen LogP contribution in [0, 0.1) is 13.8 Å². The molecule has 3 rings (SSSR count). The predicted molar refractivity (Wildman–Crippen MR) is 99.6 cm³/mol. The Bertz CT molecular complexity index is 1030. The lowest BCUT2D eigenvalue weighted by atomic mass is 10.2. The number of rotatable bonds is 8. The summed E-state index contributed by atoms with van der Waals surface area (Å²) in [5, 5.41) is 19.1. The van der Waals surface area contributed by atoms with E-state index >= 15 is 0 Å². The number of aryl methyl sites for hydroxylation is 2. The minimum Gasteiger partial charge on any atom is -0.490 e. The van der Waals surface area contributed by atoms with Crippen LogP contribution in [0.3, 0.4) is 0 Å². The first-order chi connectivity index (χ1) is 13.6. The van der Waals surface area contributed by atoms with Gasteiger partial charge in [-0.1, -0.05) is 10.3 Å². The number of hydrogen-bond donors (Lipinski definition) is 2. The van der Waals surface area contributed by atoms with E-state index in [9.17, 15) is 4.79 Å². The highest BCUT2D eigenvalue weighted by Gasteiger charge is 2.10. The number of benzene rings is 1. The van der Waals surface area contributed by atoms with E-state index in [1.54, 1.807) is 38.3 Å². The number of aromatic amines is 1. The third kappa shape index (κ3) is 4.69. The summed E-state index contributed by atoms with van der Waals surface area (Å²) >= 11 is 0. The molecule has 146 valence electrons. The normalized spacial score (nSPS) is 11.0. The van der Waals surface area contributed by atoms with E-state index in [4.69, 9.17) is 9.47 Å². The number of hydrogen-bond acceptors (Lipinski definition) is 10. The highest BCUT2D eigenvalue weighted by atomic mass is 16.6. The molecular weight excluding hydrogens is 366 g/mol. The number of aromatic nitrogens is 5. The maximum absolute atomic E-state index is 11.5. The predicted octanol–water partition coefficient (Wildman–Crippen LogP) is 1.59. The molecule has 0 spiro atoms. The molecule has 2 heterocycles. The third-order valence-electron chi connectivity index (χ3n) is 3.62. The summed E-state index contributed by atoms with van der Waals surface area (Å²) in [6.45, 7) is 5.92. The second kappa shape index (κ2) is 8.75. The molecular formula is C17H19N7O4. The van der Waals surface area contributed by atoms with E-state index in [0.29, 0.717) is 29.5 Å². The molecule has 0 radical (unpaired) electrons. The first kappa shape index (κ1) is 19.0. The number of nitrogens with one attached hydrogen (secondary N) is 2. The van der Waals surface area contributed by atoms with E-state index in [-0.39, 0.29) is 23.8 Å². The van der Waals surface area contributed by atoms with Gasteiger partial charge in [0.15, 0.2) is 11.5 Å². The highest BCUT2D eigenvalue weighted by Crippen LogP contribution is 2.29. The van der Waals surface area contributed by atoms with Gasteiger partial charge in [0.2, 0.25) is 5.95 Å². The molecule has 2 aromatic heterocycles. The van der Waals surface area contributed by atoms with Gasteiger partial charge in [-0.3, -0.25) is 9.78 Å². The summed E-state index contributed by atoms with van der Waals surface area (Å²) in [6, 6.07) is 5.35. The van der Waals surface area contributed by atoms with Gasteiger partial charge >= 0.3 is 0 Å². The van der Waals surface area contributed by atoms with E-state index in [1.807, 2.05) is 6.92 Å². The van der Waals surface area contributed by atoms with Crippen molar-refractivity contribution < 1.29 is 14.1 Å². The number of nitrogens with zero attached hydrogens (tertiary/aromatic N) is 5. The van der Waals surface area contributed by atoms with Crippen LogP contribution in [0.2, 0.25) is 0 Å². The molecule has 0 unspecified atom stereocenters. The zero-order chi connectivity index (χ0) is 19.9. The maximum Gasteiger partial charge on any atom is 0.274 e. The first-order valence-corrected chi connectivity index (χ1v) is 8.47. The molecule has 0 bridgehead atoms. The Labute approximate surface area is 159 Å². The van der Waals surface area contributed by atoms with Crippen molar-refractivity contribution in [1.29, 1.82) is 0 Å². The van der Waals surface area contributed by atoms with E-state index < -0.39 is 0 Å². The molecule has 11 nitrogen and oxygen atoms in total. The highest BCUT2D eigenvalue weighted by molar-refractivity contribution is 5.81. The van der Waals surface area contributed by atoms with Crippen molar-refractivity contribution in [3.63, 3.8) is 0 Å². The minimum atomic E-state index is -0.328. The van der Waals surface area contributed by atoms with E-state index in [0.717, 1.165) is 5.56 Å². The number of H-pyrrole nitrogens is 1. The SMILES string of the molecule is CCOc1cc(/C=N/Nc2nnc(C)c(=O)[nH]2)ccc1OCc1nonc1C. The molecule has 28 heavy (non-hydrogen) atoms. The lowest BCUT2D eigenvalue weighted by molar-refractivity contribution is 0.253. The van der Waals surface area contributed by atoms with Crippen LogP contribution in [0.5, 0.6) is 11.5 Å². The van der Waals surface area contributed by atoms with Crippen molar-refractivity contribution in [3.05, 3.63) is 51.2 Å². The fourth-order valence-corrected chi connectivity index (χ4v) is 2.13. The largest absolute Gasteiger partial charge is 0.490 e. The van der Waals surface area contributed by atoms with Gasteiger partial charge < -0.3 is 9.47 Å².